The number of benzene rings is 1. The highest BCUT2D eigenvalue weighted by molar-refractivity contribution is 5.97. The molecule has 8 nitrogen and oxygen atoms in total. The molecule has 1 aromatic carbocycles. The van der Waals surface area contributed by atoms with E-state index in [1.54, 1.807) is 37.3 Å². The van der Waals surface area contributed by atoms with Gasteiger partial charge < -0.3 is 14.8 Å². The number of esters is 1. The number of amides is 3. The number of hydrogen-bond acceptors (Lipinski definition) is 6. The summed E-state index contributed by atoms with van der Waals surface area (Å²) in [4.78, 5) is 45.9. The van der Waals surface area contributed by atoms with E-state index < -0.39 is 36.5 Å². The average molecular weight is 322 g/mol. The topological polar surface area (TPSA) is 111 Å². The first-order valence-electron chi connectivity index (χ1n) is 6.93. The molecule has 23 heavy (non-hydrogen) atoms. The van der Waals surface area contributed by atoms with Crippen molar-refractivity contribution in [2.45, 2.75) is 19.9 Å². The number of rotatable bonds is 6. The normalized spacial score (nSPS) is 11.0. The molecule has 0 saturated heterocycles. The lowest BCUT2D eigenvalue weighted by atomic mass is 10.2. The van der Waals surface area contributed by atoms with Crippen molar-refractivity contribution >= 4 is 23.9 Å². The summed E-state index contributed by atoms with van der Waals surface area (Å²) in [5, 5.41) is 4.32. The predicted octanol–water partition coefficient (Wildman–Crippen LogP) is 0.621. The van der Waals surface area contributed by atoms with E-state index in [4.69, 9.17) is 4.74 Å². The minimum absolute atomic E-state index is 0.113. The molecule has 0 radical (unpaired) electrons. The Labute approximate surface area is 133 Å². The molecular formula is C15H18N2O6. The van der Waals surface area contributed by atoms with Gasteiger partial charge in [0.05, 0.1) is 6.61 Å². The third-order valence-electron chi connectivity index (χ3n) is 2.60. The Bertz CT molecular complexity index is 573. The Morgan fingerprint density at radius 2 is 1.74 bits per heavy atom. The van der Waals surface area contributed by atoms with Crippen molar-refractivity contribution in [2.24, 2.45) is 0 Å². The van der Waals surface area contributed by atoms with Crippen molar-refractivity contribution in [3.63, 3.8) is 0 Å². The summed E-state index contributed by atoms with van der Waals surface area (Å²) in [6, 6.07) is 7.39. The predicted molar refractivity (Wildman–Crippen MR) is 79.5 cm³/mol. The highest BCUT2D eigenvalue weighted by atomic mass is 16.6. The van der Waals surface area contributed by atoms with Gasteiger partial charge in [-0.1, -0.05) is 18.2 Å². The minimum atomic E-state index is -0.946. The summed E-state index contributed by atoms with van der Waals surface area (Å²) in [5.74, 6) is -2.06. The van der Waals surface area contributed by atoms with Crippen LogP contribution in [0.2, 0.25) is 0 Å². The van der Waals surface area contributed by atoms with Crippen LogP contribution in [0.25, 0.3) is 0 Å². The average Bonchev–Trinajstić information content (AvgIpc) is 2.53. The lowest BCUT2D eigenvalue weighted by Gasteiger charge is -2.13. The van der Waals surface area contributed by atoms with Crippen LogP contribution in [0.3, 0.4) is 0 Å². The molecule has 0 aromatic heterocycles. The second kappa shape index (κ2) is 9.19. The van der Waals surface area contributed by atoms with Crippen molar-refractivity contribution in [1.29, 1.82) is 0 Å². The van der Waals surface area contributed by atoms with Gasteiger partial charge in [-0.25, -0.2) is 9.59 Å². The van der Waals surface area contributed by atoms with Crippen LogP contribution in [-0.2, 0) is 19.1 Å². The number of nitrogens with one attached hydrogen (secondary N) is 2. The maximum atomic E-state index is 11.9. The van der Waals surface area contributed by atoms with Crippen LogP contribution in [0, 0.1) is 0 Å². The molecule has 0 aliphatic heterocycles. The molecule has 0 bridgehead atoms. The van der Waals surface area contributed by atoms with E-state index >= 15 is 0 Å². The second-order valence-electron chi connectivity index (χ2n) is 4.44. The van der Waals surface area contributed by atoms with Gasteiger partial charge in [0.15, 0.2) is 6.61 Å². The zero-order chi connectivity index (χ0) is 17.2. The fraction of sp³-hybridized carbons (Fsp3) is 0.333. The molecule has 0 aliphatic carbocycles. The van der Waals surface area contributed by atoms with Crippen molar-refractivity contribution in [1.82, 2.24) is 10.6 Å². The van der Waals surface area contributed by atoms with E-state index in [0.29, 0.717) is 5.56 Å². The molecule has 124 valence electrons. The van der Waals surface area contributed by atoms with Gasteiger partial charge in [-0.3, -0.25) is 14.9 Å². The summed E-state index contributed by atoms with van der Waals surface area (Å²) >= 11 is 0. The number of alkyl carbamates (subject to hydrolysis) is 1. The first kappa shape index (κ1) is 18.1. The van der Waals surface area contributed by atoms with E-state index in [2.05, 4.69) is 10.1 Å². The zero-order valence-corrected chi connectivity index (χ0v) is 12.8. The smallest absolute Gasteiger partial charge is 0.413 e. The van der Waals surface area contributed by atoms with E-state index in [-0.39, 0.29) is 6.61 Å². The van der Waals surface area contributed by atoms with Crippen LogP contribution < -0.4 is 10.6 Å². The third kappa shape index (κ3) is 6.60. The van der Waals surface area contributed by atoms with Crippen LogP contribution in [0.15, 0.2) is 30.3 Å². The molecule has 0 heterocycles. The van der Waals surface area contributed by atoms with Crippen LogP contribution in [-0.4, -0.2) is 43.1 Å². The number of carbonyl (C=O) groups excluding carboxylic acids is 4. The first-order valence-corrected chi connectivity index (χ1v) is 6.93. The number of hydrogen-bond donors (Lipinski definition) is 2. The Morgan fingerprint density at radius 3 is 2.35 bits per heavy atom. The van der Waals surface area contributed by atoms with E-state index in [0.717, 1.165) is 0 Å². The second-order valence-corrected chi connectivity index (χ2v) is 4.44. The Hall–Kier alpha value is -2.90. The van der Waals surface area contributed by atoms with Gasteiger partial charge >= 0.3 is 12.1 Å². The SMILES string of the molecule is CCOC(=O)NC(=O)COC(=O)[C@@H](C)NC(=O)c1ccccc1. The van der Waals surface area contributed by atoms with Gasteiger partial charge in [0.2, 0.25) is 0 Å². The fourth-order valence-electron chi connectivity index (χ4n) is 1.51. The van der Waals surface area contributed by atoms with E-state index in [1.807, 2.05) is 5.32 Å². The van der Waals surface area contributed by atoms with Crippen LogP contribution >= 0.6 is 0 Å². The molecule has 1 atom stereocenters. The lowest BCUT2D eigenvalue weighted by Crippen LogP contribution is -2.41. The lowest BCUT2D eigenvalue weighted by molar-refractivity contribution is -0.149. The molecule has 1 aromatic rings. The van der Waals surface area contributed by atoms with Crippen molar-refractivity contribution < 1.29 is 28.7 Å². The minimum Gasteiger partial charge on any atom is -0.454 e. The molecule has 0 aliphatic rings. The summed E-state index contributed by atoms with van der Waals surface area (Å²) in [6.45, 7) is 2.47. The third-order valence-corrected chi connectivity index (χ3v) is 2.60. The summed E-state index contributed by atoms with van der Waals surface area (Å²) in [7, 11) is 0. The molecule has 3 amide bonds. The van der Waals surface area contributed by atoms with Crippen molar-refractivity contribution in [3.05, 3.63) is 35.9 Å². The van der Waals surface area contributed by atoms with Gasteiger partial charge in [-0.2, -0.15) is 0 Å². The number of imide groups is 1. The van der Waals surface area contributed by atoms with Gasteiger partial charge in [-0.15, -0.1) is 0 Å². The zero-order valence-electron chi connectivity index (χ0n) is 12.8. The molecule has 0 spiro atoms. The highest BCUT2D eigenvalue weighted by Crippen LogP contribution is 1.99. The molecule has 2 N–H and O–H groups in total. The Kier molecular flexibility index (Phi) is 7.25. The van der Waals surface area contributed by atoms with Crippen LogP contribution in [0.5, 0.6) is 0 Å². The van der Waals surface area contributed by atoms with E-state index in [1.165, 1.54) is 6.92 Å². The van der Waals surface area contributed by atoms with Crippen LogP contribution in [0.4, 0.5) is 4.79 Å². The summed E-state index contributed by atoms with van der Waals surface area (Å²) in [5.41, 5.74) is 0.396. The first-order chi connectivity index (χ1) is 10.9. The highest BCUT2D eigenvalue weighted by Gasteiger charge is 2.19. The van der Waals surface area contributed by atoms with Gasteiger partial charge in [0, 0.05) is 5.56 Å². The largest absolute Gasteiger partial charge is 0.454 e. The monoisotopic (exact) mass is 322 g/mol. The summed E-state index contributed by atoms with van der Waals surface area (Å²) in [6.07, 6.45) is -0.918. The molecule has 0 saturated carbocycles. The molecular weight excluding hydrogens is 304 g/mol. The summed E-state index contributed by atoms with van der Waals surface area (Å²) < 4.78 is 9.21. The van der Waals surface area contributed by atoms with Gasteiger partial charge in [0.25, 0.3) is 11.8 Å². The molecule has 1 rings (SSSR count). The quantitative estimate of drug-likeness (QED) is 0.743. The number of ether oxygens (including phenoxy) is 2. The standard InChI is InChI=1S/C15H18N2O6/c1-3-22-15(21)17-12(18)9-23-14(20)10(2)16-13(19)11-7-5-4-6-8-11/h4-8,10H,3,9H2,1-2H3,(H,16,19)(H,17,18,21)/t10-/m1/s1. The van der Waals surface area contributed by atoms with Gasteiger partial charge in [-0.05, 0) is 26.0 Å². The fourth-order valence-corrected chi connectivity index (χ4v) is 1.51. The van der Waals surface area contributed by atoms with Crippen LogP contribution in [0.1, 0.15) is 24.2 Å². The number of carbonyl (C=O) groups is 4. The Balaban J connectivity index is 2.38. The van der Waals surface area contributed by atoms with Crippen molar-refractivity contribution in [2.75, 3.05) is 13.2 Å². The van der Waals surface area contributed by atoms with Crippen molar-refractivity contribution in [3.8, 4) is 0 Å². The maximum Gasteiger partial charge on any atom is 0.413 e. The Morgan fingerprint density at radius 1 is 1.09 bits per heavy atom. The van der Waals surface area contributed by atoms with E-state index in [9.17, 15) is 19.2 Å². The molecule has 0 fully saturated rings. The maximum absolute atomic E-state index is 11.9. The molecule has 0 unspecified atom stereocenters. The molecule has 8 heteroatoms. The van der Waals surface area contributed by atoms with Gasteiger partial charge in [0.1, 0.15) is 6.04 Å².